The van der Waals surface area contributed by atoms with Crippen molar-refractivity contribution in [3.63, 3.8) is 0 Å². The SMILES string of the molecule is CNc1c2c(nc3c4c(ccc13)CCCC4)CCCCC2. The Morgan fingerprint density at radius 1 is 0.857 bits per heavy atom. The maximum absolute atomic E-state index is 5.16. The number of nitrogens with one attached hydrogen (secondary N) is 1. The molecule has 2 aliphatic rings. The molecule has 0 saturated carbocycles. The summed E-state index contributed by atoms with van der Waals surface area (Å²) in [6.07, 6.45) is 11.4. The van der Waals surface area contributed by atoms with Gasteiger partial charge < -0.3 is 5.32 Å². The molecule has 2 aromatic rings. The van der Waals surface area contributed by atoms with Crippen LogP contribution in [-0.4, -0.2) is 12.0 Å². The van der Waals surface area contributed by atoms with Gasteiger partial charge in [0, 0.05) is 23.8 Å². The van der Waals surface area contributed by atoms with Gasteiger partial charge in [0.15, 0.2) is 0 Å². The number of fused-ring (bicyclic) bond motifs is 4. The molecule has 0 spiro atoms. The molecule has 4 rings (SSSR count). The van der Waals surface area contributed by atoms with E-state index in [4.69, 9.17) is 4.98 Å². The fourth-order valence-corrected chi connectivity index (χ4v) is 4.18. The molecule has 21 heavy (non-hydrogen) atoms. The first-order chi connectivity index (χ1) is 10.4. The first kappa shape index (κ1) is 13.1. The van der Waals surface area contributed by atoms with Gasteiger partial charge in [-0.2, -0.15) is 0 Å². The Kier molecular flexibility index (Phi) is 3.33. The van der Waals surface area contributed by atoms with Gasteiger partial charge in [-0.25, -0.2) is 0 Å². The molecule has 2 nitrogen and oxygen atoms in total. The molecule has 1 heterocycles. The number of rotatable bonds is 1. The zero-order chi connectivity index (χ0) is 14.2. The average molecular weight is 280 g/mol. The number of anilines is 1. The molecule has 110 valence electrons. The number of nitrogens with zero attached hydrogens (tertiary/aromatic N) is 1. The minimum Gasteiger partial charge on any atom is -0.387 e. The molecule has 0 saturated heterocycles. The summed E-state index contributed by atoms with van der Waals surface area (Å²) in [5.74, 6) is 0. The van der Waals surface area contributed by atoms with Gasteiger partial charge in [-0.1, -0.05) is 18.6 Å². The molecule has 2 aliphatic carbocycles. The van der Waals surface area contributed by atoms with Gasteiger partial charge >= 0.3 is 0 Å². The largest absolute Gasteiger partial charge is 0.387 e. The zero-order valence-electron chi connectivity index (χ0n) is 13.0. The maximum Gasteiger partial charge on any atom is 0.0760 e. The fourth-order valence-electron chi connectivity index (χ4n) is 4.18. The lowest BCUT2D eigenvalue weighted by molar-refractivity contribution is 0.688. The third-order valence-electron chi connectivity index (χ3n) is 5.26. The number of aromatic nitrogens is 1. The van der Waals surface area contributed by atoms with Gasteiger partial charge in [-0.15, -0.1) is 0 Å². The van der Waals surface area contributed by atoms with Gasteiger partial charge in [0.1, 0.15) is 0 Å². The Labute approximate surface area is 127 Å². The Morgan fingerprint density at radius 2 is 1.62 bits per heavy atom. The topological polar surface area (TPSA) is 24.9 Å². The van der Waals surface area contributed by atoms with Crippen molar-refractivity contribution < 1.29 is 0 Å². The van der Waals surface area contributed by atoms with Crippen LogP contribution in [0.1, 0.15) is 54.5 Å². The second-order valence-electron chi connectivity index (χ2n) is 6.53. The lowest BCUT2D eigenvalue weighted by Gasteiger charge is -2.21. The van der Waals surface area contributed by atoms with Crippen molar-refractivity contribution in [3.05, 3.63) is 34.5 Å². The Balaban J connectivity index is 2.02. The van der Waals surface area contributed by atoms with Gasteiger partial charge in [-0.05, 0) is 68.1 Å². The van der Waals surface area contributed by atoms with Crippen LogP contribution in [0.5, 0.6) is 0 Å². The van der Waals surface area contributed by atoms with E-state index in [9.17, 15) is 0 Å². The molecule has 1 N–H and O–H groups in total. The van der Waals surface area contributed by atoms with E-state index in [1.165, 1.54) is 90.3 Å². The quantitative estimate of drug-likeness (QED) is 0.782. The zero-order valence-corrected chi connectivity index (χ0v) is 13.0. The van der Waals surface area contributed by atoms with Crippen LogP contribution in [0.15, 0.2) is 12.1 Å². The first-order valence-electron chi connectivity index (χ1n) is 8.52. The molecule has 0 aliphatic heterocycles. The van der Waals surface area contributed by atoms with Crippen molar-refractivity contribution in [1.82, 2.24) is 4.98 Å². The van der Waals surface area contributed by atoms with Crippen LogP contribution < -0.4 is 5.32 Å². The Bertz CT molecular complexity index is 688. The highest BCUT2D eigenvalue weighted by Gasteiger charge is 2.20. The van der Waals surface area contributed by atoms with E-state index in [0.717, 1.165) is 6.42 Å². The summed E-state index contributed by atoms with van der Waals surface area (Å²) in [7, 11) is 2.07. The van der Waals surface area contributed by atoms with Gasteiger partial charge in [-0.3, -0.25) is 4.98 Å². The second kappa shape index (κ2) is 5.32. The lowest BCUT2D eigenvalue weighted by Crippen LogP contribution is -2.08. The van der Waals surface area contributed by atoms with E-state index >= 15 is 0 Å². The summed E-state index contributed by atoms with van der Waals surface area (Å²) in [4.78, 5) is 5.16. The molecule has 0 bridgehead atoms. The summed E-state index contributed by atoms with van der Waals surface area (Å²) < 4.78 is 0. The van der Waals surface area contributed by atoms with Crippen molar-refractivity contribution in [3.8, 4) is 0 Å². The van der Waals surface area contributed by atoms with Gasteiger partial charge in [0.05, 0.1) is 5.52 Å². The standard InChI is InChI=1S/C19H24N2/c1-20-18-15-9-3-2-4-10-17(15)21-19-14-8-6-5-7-13(14)11-12-16(18)19/h11-12H,2-10H2,1H3,(H,20,21). The van der Waals surface area contributed by atoms with Crippen molar-refractivity contribution in [2.24, 2.45) is 0 Å². The molecular weight excluding hydrogens is 256 g/mol. The Hall–Kier alpha value is -1.57. The predicted molar refractivity (Wildman–Crippen MR) is 89.2 cm³/mol. The second-order valence-corrected chi connectivity index (χ2v) is 6.53. The number of hydrogen-bond donors (Lipinski definition) is 1. The molecular formula is C19H24N2. The van der Waals surface area contributed by atoms with E-state index in [1.54, 1.807) is 0 Å². The molecule has 0 fully saturated rings. The molecule has 2 heteroatoms. The summed E-state index contributed by atoms with van der Waals surface area (Å²) in [5, 5.41) is 4.84. The molecule has 1 aromatic carbocycles. The molecule has 0 unspecified atom stereocenters. The summed E-state index contributed by atoms with van der Waals surface area (Å²) in [5.41, 5.74) is 8.56. The third kappa shape index (κ3) is 2.12. The first-order valence-corrected chi connectivity index (χ1v) is 8.52. The van der Waals surface area contributed by atoms with Gasteiger partial charge in [0.2, 0.25) is 0 Å². The maximum atomic E-state index is 5.16. The summed E-state index contributed by atoms with van der Waals surface area (Å²) in [6, 6.07) is 4.66. The van der Waals surface area contributed by atoms with Crippen LogP contribution in [0.3, 0.4) is 0 Å². The lowest BCUT2D eigenvalue weighted by atomic mass is 9.88. The van der Waals surface area contributed by atoms with Crippen LogP contribution >= 0.6 is 0 Å². The van der Waals surface area contributed by atoms with E-state index in [1.807, 2.05) is 0 Å². The number of hydrogen-bond acceptors (Lipinski definition) is 2. The normalized spacial score (nSPS) is 18.0. The highest BCUT2D eigenvalue weighted by atomic mass is 14.9. The molecule has 0 amide bonds. The number of pyridine rings is 1. The summed E-state index contributed by atoms with van der Waals surface area (Å²) in [6.45, 7) is 0. The van der Waals surface area contributed by atoms with Gasteiger partial charge in [0.25, 0.3) is 0 Å². The molecule has 0 radical (unpaired) electrons. The Morgan fingerprint density at radius 3 is 2.52 bits per heavy atom. The van der Waals surface area contributed by atoms with Crippen molar-refractivity contribution >= 4 is 16.6 Å². The smallest absolute Gasteiger partial charge is 0.0760 e. The number of aryl methyl sites for hydroxylation is 3. The van der Waals surface area contributed by atoms with E-state index in [2.05, 4.69) is 24.5 Å². The highest BCUT2D eigenvalue weighted by Crippen LogP contribution is 2.36. The predicted octanol–water partition coefficient (Wildman–Crippen LogP) is 4.42. The average Bonchev–Trinajstić information content (AvgIpc) is 2.77. The fraction of sp³-hybridized carbons (Fsp3) is 0.526. The van der Waals surface area contributed by atoms with E-state index in [0.29, 0.717) is 0 Å². The minimum absolute atomic E-state index is 1.16. The van der Waals surface area contributed by atoms with Crippen molar-refractivity contribution in [2.45, 2.75) is 57.8 Å². The molecule has 0 atom stereocenters. The highest BCUT2D eigenvalue weighted by molar-refractivity contribution is 5.96. The van der Waals surface area contributed by atoms with E-state index < -0.39 is 0 Å². The van der Waals surface area contributed by atoms with E-state index in [-0.39, 0.29) is 0 Å². The van der Waals surface area contributed by atoms with Crippen LogP contribution in [0.4, 0.5) is 5.69 Å². The third-order valence-corrected chi connectivity index (χ3v) is 5.26. The van der Waals surface area contributed by atoms with Crippen molar-refractivity contribution in [1.29, 1.82) is 0 Å². The van der Waals surface area contributed by atoms with Crippen LogP contribution in [0, 0.1) is 0 Å². The number of benzene rings is 1. The minimum atomic E-state index is 1.16. The van der Waals surface area contributed by atoms with Crippen LogP contribution in [0.2, 0.25) is 0 Å². The molecule has 1 aromatic heterocycles. The monoisotopic (exact) mass is 280 g/mol. The van der Waals surface area contributed by atoms with Crippen molar-refractivity contribution in [2.75, 3.05) is 12.4 Å². The summed E-state index contributed by atoms with van der Waals surface area (Å²) >= 11 is 0. The van der Waals surface area contributed by atoms with Crippen LogP contribution in [-0.2, 0) is 25.7 Å². The van der Waals surface area contributed by atoms with Crippen LogP contribution in [0.25, 0.3) is 10.9 Å².